The molecule has 6 nitrogen and oxygen atoms in total. The average molecular weight is 312 g/mol. The Kier molecular flexibility index (Phi) is 5.32. The van der Waals surface area contributed by atoms with Crippen LogP contribution in [0.15, 0.2) is 23.2 Å². The van der Waals surface area contributed by atoms with Gasteiger partial charge in [0.25, 0.3) is 0 Å². The molecule has 0 aliphatic carbocycles. The Morgan fingerprint density at radius 1 is 1.38 bits per heavy atom. The summed E-state index contributed by atoms with van der Waals surface area (Å²) in [6.07, 6.45) is 3.14. The maximum atomic E-state index is 12.6. The number of rotatable bonds is 5. The van der Waals surface area contributed by atoms with Crippen LogP contribution in [-0.2, 0) is 16.6 Å². The number of hydrogen-bond donors (Lipinski definition) is 1. The van der Waals surface area contributed by atoms with E-state index < -0.39 is 10.0 Å². The fourth-order valence-electron chi connectivity index (χ4n) is 2.65. The van der Waals surface area contributed by atoms with Gasteiger partial charge in [-0.2, -0.15) is 4.31 Å². The number of pyridine rings is 1. The molecule has 2 N–H and O–H groups in total. The first-order valence-electron chi connectivity index (χ1n) is 7.34. The molecule has 1 aromatic heterocycles. The van der Waals surface area contributed by atoms with Gasteiger partial charge in [-0.05, 0) is 44.6 Å². The Bertz CT molecular complexity index is 551. The van der Waals surface area contributed by atoms with Crippen LogP contribution in [0.3, 0.4) is 0 Å². The van der Waals surface area contributed by atoms with Gasteiger partial charge in [-0.1, -0.05) is 6.92 Å². The Labute approximate surface area is 127 Å². The Morgan fingerprint density at radius 2 is 2.05 bits per heavy atom. The molecule has 0 atom stereocenters. The van der Waals surface area contributed by atoms with Crippen molar-refractivity contribution in [3.63, 3.8) is 0 Å². The van der Waals surface area contributed by atoms with Crippen molar-refractivity contribution >= 4 is 10.0 Å². The fourth-order valence-corrected chi connectivity index (χ4v) is 4.01. The molecular formula is C14H24N4O2S. The number of nitrogens with two attached hydrogens (primary N) is 1. The monoisotopic (exact) mass is 312 g/mol. The fraction of sp³-hybridized carbons (Fsp3) is 0.643. The van der Waals surface area contributed by atoms with E-state index in [9.17, 15) is 8.42 Å². The normalized spacial score (nSPS) is 18.3. The summed E-state index contributed by atoms with van der Waals surface area (Å²) in [5.74, 6) is 0. The SMILES string of the molecule is CCN1CCC(N(C)S(=O)(=O)c2ccc(CN)nc2)CC1. The third-order valence-corrected chi connectivity index (χ3v) is 6.10. The van der Waals surface area contributed by atoms with Gasteiger partial charge in [-0.15, -0.1) is 0 Å². The van der Waals surface area contributed by atoms with Crippen molar-refractivity contribution in [3.8, 4) is 0 Å². The second-order valence-electron chi connectivity index (χ2n) is 5.38. The highest BCUT2D eigenvalue weighted by Gasteiger charge is 2.30. The Hall–Kier alpha value is -1.02. The van der Waals surface area contributed by atoms with E-state index >= 15 is 0 Å². The minimum atomic E-state index is -3.48. The second kappa shape index (κ2) is 6.83. The molecule has 7 heteroatoms. The molecular weight excluding hydrogens is 288 g/mol. The molecule has 0 radical (unpaired) electrons. The molecule has 1 saturated heterocycles. The maximum absolute atomic E-state index is 12.6. The van der Waals surface area contributed by atoms with Gasteiger partial charge in [0, 0.05) is 25.8 Å². The molecule has 21 heavy (non-hydrogen) atoms. The molecule has 0 amide bonds. The molecule has 0 aromatic carbocycles. The van der Waals surface area contributed by atoms with Crippen molar-refractivity contribution in [2.45, 2.75) is 37.2 Å². The lowest BCUT2D eigenvalue weighted by atomic mass is 10.1. The quantitative estimate of drug-likeness (QED) is 0.863. The predicted molar refractivity (Wildman–Crippen MR) is 82.2 cm³/mol. The van der Waals surface area contributed by atoms with Crippen molar-refractivity contribution in [2.75, 3.05) is 26.7 Å². The number of sulfonamides is 1. The van der Waals surface area contributed by atoms with Gasteiger partial charge in [-0.25, -0.2) is 8.42 Å². The van der Waals surface area contributed by atoms with Crippen LogP contribution < -0.4 is 5.73 Å². The molecule has 0 bridgehead atoms. The van der Waals surface area contributed by atoms with Crippen LogP contribution in [0.2, 0.25) is 0 Å². The molecule has 118 valence electrons. The second-order valence-corrected chi connectivity index (χ2v) is 7.37. The van der Waals surface area contributed by atoms with E-state index in [2.05, 4.69) is 16.8 Å². The first-order valence-corrected chi connectivity index (χ1v) is 8.78. The lowest BCUT2D eigenvalue weighted by Crippen LogP contribution is -2.45. The van der Waals surface area contributed by atoms with E-state index in [0.29, 0.717) is 12.2 Å². The number of aromatic nitrogens is 1. The van der Waals surface area contributed by atoms with E-state index in [4.69, 9.17) is 5.73 Å². The summed E-state index contributed by atoms with van der Waals surface area (Å²) in [6.45, 7) is 5.36. The van der Waals surface area contributed by atoms with Crippen molar-refractivity contribution < 1.29 is 8.42 Å². The van der Waals surface area contributed by atoms with E-state index in [0.717, 1.165) is 32.5 Å². The highest BCUT2D eigenvalue weighted by Crippen LogP contribution is 2.22. The molecule has 1 fully saturated rings. The highest BCUT2D eigenvalue weighted by atomic mass is 32.2. The van der Waals surface area contributed by atoms with Crippen LogP contribution in [0.25, 0.3) is 0 Å². The summed E-state index contributed by atoms with van der Waals surface area (Å²) in [6, 6.07) is 3.31. The molecule has 0 saturated carbocycles. The van der Waals surface area contributed by atoms with Gasteiger partial charge in [0.1, 0.15) is 4.90 Å². The van der Waals surface area contributed by atoms with E-state index in [1.807, 2.05) is 0 Å². The highest BCUT2D eigenvalue weighted by molar-refractivity contribution is 7.89. The first kappa shape index (κ1) is 16.4. The van der Waals surface area contributed by atoms with Gasteiger partial charge in [-0.3, -0.25) is 4.98 Å². The van der Waals surface area contributed by atoms with Crippen LogP contribution in [-0.4, -0.2) is 55.3 Å². The Morgan fingerprint density at radius 3 is 2.52 bits per heavy atom. The van der Waals surface area contributed by atoms with Crippen molar-refractivity contribution in [1.29, 1.82) is 0 Å². The van der Waals surface area contributed by atoms with Crippen LogP contribution in [0.4, 0.5) is 0 Å². The zero-order valence-electron chi connectivity index (χ0n) is 12.7. The third-order valence-electron chi connectivity index (χ3n) is 4.20. The van der Waals surface area contributed by atoms with Gasteiger partial charge in [0.15, 0.2) is 0 Å². The molecule has 1 aliphatic rings. The van der Waals surface area contributed by atoms with Gasteiger partial charge in [0.2, 0.25) is 10.0 Å². The maximum Gasteiger partial charge on any atom is 0.244 e. The molecule has 1 aromatic rings. The number of likely N-dealkylation sites (tertiary alicyclic amines) is 1. The van der Waals surface area contributed by atoms with Crippen LogP contribution >= 0.6 is 0 Å². The van der Waals surface area contributed by atoms with Gasteiger partial charge >= 0.3 is 0 Å². The van der Waals surface area contributed by atoms with Gasteiger partial charge in [0.05, 0.1) is 5.69 Å². The summed E-state index contributed by atoms with van der Waals surface area (Å²) >= 11 is 0. The van der Waals surface area contributed by atoms with Crippen molar-refractivity contribution in [3.05, 3.63) is 24.0 Å². The molecule has 2 heterocycles. The smallest absolute Gasteiger partial charge is 0.244 e. The lowest BCUT2D eigenvalue weighted by molar-refractivity contribution is 0.176. The number of hydrogen-bond acceptors (Lipinski definition) is 5. The zero-order chi connectivity index (χ0) is 15.5. The Balaban J connectivity index is 2.11. The van der Waals surface area contributed by atoms with E-state index in [1.165, 1.54) is 10.5 Å². The van der Waals surface area contributed by atoms with Crippen LogP contribution in [0.1, 0.15) is 25.5 Å². The average Bonchev–Trinajstić information content (AvgIpc) is 2.54. The largest absolute Gasteiger partial charge is 0.325 e. The summed E-state index contributed by atoms with van der Waals surface area (Å²) in [7, 11) is -1.81. The topological polar surface area (TPSA) is 79.5 Å². The number of piperidine rings is 1. The third kappa shape index (κ3) is 3.60. The van der Waals surface area contributed by atoms with Crippen LogP contribution in [0.5, 0.6) is 0 Å². The van der Waals surface area contributed by atoms with E-state index in [1.54, 1.807) is 19.2 Å². The summed E-state index contributed by atoms with van der Waals surface area (Å²) in [4.78, 5) is 6.66. The molecule has 0 spiro atoms. The number of nitrogens with zero attached hydrogens (tertiary/aromatic N) is 3. The standard InChI is InChI=1S/C14H24N4O2S/c1-3-18-8-6-13(7-9-18)17(2)21(19,20)14-5-4-12(10-15)16-11-14/h4-5,11,13H,3,6-10,15H2,1-2H3. The van der Waals surface area contributed by atoms with Crippen molar-refractivity contribution in [2.24, 2.45) is 5.73 Å². The van der Waals surface area contributed by atoms with Crippen molar-refractivity contribution in [1.82, 2.24) is 14.2 Å². The minimum Gasteiger partial charge on any atom is -0.325 e. The first-order chi connectivity index (χ1) is 9.98. The summed E-state index contributed by atoms with van der Waals surface area (Å²) < 4.78 is 26.7. The summed E-state index contributed by atoms with van der Waals surface area (Å²) in [5.41, 5.74) is 6.17. The zero-order valence-corrected chi connectivity index (χ0v) is 13.5. The minimum absolute atomic E-state index is 0.0620. The van der Waals surface area contributed by atoms with E-state index in [-0.39, 0.29) is 10.9 Å². The van der Waals surface area contributed by atoms with Crippen LogP contribution in [0, 0.1) is 0 Å². The molecule has 1 aliphatic heterocycles. The molecule has 2 rings (SSSR count). The predicted octanol–water partition coefficient (Wildman–Crippen LogP) is 0.645. The van der Waals surface area contributed by atoms with Gasteiger partial charge < -0.3 is 10.6 Å². The molecule has 0 unspecified atom stereocenters. The lowest BCUT2D eigenvalue weighted by Gasteiger charge is -2.35. The summed E-state index contributed by atoms with van der Waals surface area (Å²) in [5, 5.41) is 0.